The number of alkyl halides is 3. The molecule has 62 valence electrons. The van der Waals surface area contributed by atoms with Gasteiger partial charge in [0.15, 0.2) is 0 Å². The molecule has 1 heterocycles. The first kappa shape index (κ1) is 8.39. The average Bonchev–Trinajstić information content (AvgIpc) is 1.86. The van der Waals surface area contributed by atoms with E-state index in [1.807, 2.05) is 0 Å². The summed E-state index contributed by atoms with van der Waals surface area (Å²) in [4.78, 5) is 3.49. The molecular formula is C5H4ClF3N2. The van der Waals surface area contributed by atoms with E-state index in [-0.39, 0.29) is 9.93 Å². The zero-order valence-electron chi connectivity index (χ0n) is 5.27. The van der Waals surface area contributed by atoms with Gasteiger partial charge in [0.1, 0.15) is 6.67 Å². The Morgan fingerprint density at radius 3 is 2.55 bits per heavy atom. The van der Waals surface area contributed by atoms with Crippen molar-refractivity contribution in [3.8, 4) is 0 Å². The predicted octanol–water partition coefficient (Wildman–Crippen LogP) is 1.93. The van der Waals surface area contributed by atoms with Crippen LogP contribution in [0, 0.1) is 0 Å². The normalized spacial score (nSPS) is 18.5. The van der Waals surface area contributed by atoms with E-state index in [4.69, 9.17) is 11.6 Å². The van der Waals surface area contributed by atoms with E-state index in [9.17, 15) is 13.2 Å². The first-order valence-corrected chi connectivity index (χ1v) is 3.08. The molecule has 1 rings (SSSR count). The molecule has 0 fully saturated rings. The van der Waals surface area contributed by atoms with Gasteiger partial charge in [0.2, 0.25) is 0 Å². The van der Waals surface area contributed by atoms with E-state index in [2.05, 4.69) is 4.99 Å². The van der Waals surface area contributed by atoms with E-state index < -0.39 is 13.0 Å². The molecule has 0 amide bonds. The van der Waals surface area contributed by atoms with Crippen LogP contribution in [-0.4, -0.2) is 24.1 Å². The monoisotopic (exact) mass is 184 g/mol. The second kappa shape index (κ2) is 2.73. The topological polar surface area (TPSA) is 15.6 Å². The molecule has 1 aliphatic rings. The molecule has 0 aliphatic carbocycles. The summed E-state index contributed by atoms with van der Waals surface area (Å²) in [6, 6.07) is 0. The first-order chi connectivity index (χ1) is 5.00. The molecule has 0 radical (unpaired) electrons. The quantitative estimate of drug-likeness (QED) is 0.526. The Kier molecular flexibility index (Phi) is 2.08. The number of rotatable bonds is 0. The Bertz CT molecular complexity index is 208. The molecule has 0 atom stereocenters. The van der Waals surface area contributed by atoms with Crippen LogP contribution in [0.4, 0.5) is 13.2 Å². The van der Waals surface area contributed by atoms with Crippen LogP contribution >= 0.6 is 11.6 Å². The molecule has 0 saturated carbocycles. The summed E-state index contributed by atoms with van der Waals surface area (Å²) in [7, 11) is 0. The minimum atomic E-state index is -4.39. The summed E-state index contributed by atoms with van der Waals surface area (Å²) in [5.74, 6) is 0. The fourth-order valence-electron chi connectivity index (χ4n) is 0.592. The summed E-state index contributed by atoms with van der Waals surface area (Å²) in [6.07, 6.45) is -2.41. The van der Waals surface area contributed by atoms with Crippen molar-refractivity contribution in [3.63, 3.8) is 0 Å². The summed E-state index contributed by atoms with van der Waals surface area (Å²) in [5, 5.41) is -0.0198. The number of allylic oxidation sites excluding steroid dienone is 1. The minimum Gasteiger partial charge on any atom is -0.270 e. The van der Waals surface area contributed by atoms with Gasteiger partial charge in [0.05, 0.1) is 5.03 Å². The third-order valence-electron chi connectivity index (χ3n) is 1.05. The van der Waals surface area contributed by atoms with Crippen molar-refractivity contribution in [2.45, 2.75) is 6.30 Å². The Morgan fingerprint density at radius 2 is 2.18 bits per heavy atom. The molecular weight excluding hydrogens is 181 g/mol. The van der Waals surface area contributed by atoms with Gasteiger partial charge in [-0.1, -0.05) is 11.6 Å². The third kappa shape index (κ3) is 2.11. The Labute approximate surface area is 66.0 Å². The highest BCUT2D eigenvalue weighted by atomic mass is 35.5. The number of halogens is 4. The molecule has 0 N–H and O–H groups in total. The lowest BCUT2D eigenvalue weighted by molar-refractivity contribution is -0.226. The Morgan fingerprint density at radius 1 is 1.55 bits per heavy atom. The number of hydrogen-bond donors (Lipinski definition) is 0. The largest absolute Gasteiger partial charge is 0.485 e. The fourth-order valence-corrected chi connectivity index (χ4v) is 0.779. The molecule has 0 bridgehead atoms. The lowest BCUT2D eigenvalue weighted by Gasteiger charge is -2.22. The van der Waals surface area contributed by atoms with Crippen LogP contribution in [0.1, 0.15) is 0 Å². The molecule has 0 spiro atoms. The molecule has 0 aromatic heterocycles. The van der Waals surface area contributed by atoms with Crippen LogP contribution in [0.3, 0.4) is 0 Å². The van der Waals surface area contributed by atoms with Gasteiger partial charge < -0.3 is 0 Å². The van der Waals surface area contributed by atoms with Gasteiger partial charge >= 0.3 is 6.30 Å². The van der Waals surface area contributed by atoms with Crippen LogP contribution in [0.5, 0.6) is 0 Å². The van der Waals surface area contributed by atoms with Crippen LogP contribution < -0.4 is 0 Å². The summed E-state index contributed by atoms with van der Waals surface area (Å²) in [6.45, 7) is -0.417. The second-order valence-electron chi connectivity index (χ2n) is 1.90. The van der Waals surface area contributed by atoms with Crippen molar-refractivity contribution >= 4 is 17.8 Å². The molecule has 0 saturated heterocycles. The maximum Gasteiger partial charge on any atom is 0.485 e. The molecule has 1 aliphatic heterocycles. The Hall–Kier alpha value is -0.710. The van der Waals surface area contributed by atoms with Gasteiger partial charge in [-0.25, -0.2) is 0 Å². The molecule has 0 unspecified atom stereocenters. The molecule has 11 heavy (non-hydrogen) atoms. The maximum absolute atomic E-state index is 11.9. The summed E-state index contributed by atoms with van der Waals surface area (Å²) in [5.41, 5.74) is 0. The number of hydrogen-bond acceptors (Lipinski definition) is 2. The van der Waals surface area contributed by atoms with Crippen molar-refractivity contribution < 1.29 is 13.2 Å². The molecule has 0 aromatic carbocycles. The fraction of sp³-hybridized carbons (Fsp3) is 0.400. The maximum atomic E-state index is 11.9. The van der Waals surface area contributed by atoms with Gasteiger partial charge in [0, 0.05) is 12.4 Å². The van der Waals surface area contributed by atoms with E-state index in [0.29, 0.717) is 0 Å². The van der Waals surface area contributed by atoms with Gasteiger partial charge in [-0.3, -0.25) is 9.89 Å². The van der Waals surface area contributed by atoms with Crippen molar-refractivity contribution in [2.24, 2.45) is 4.99 Å². The van der Waals surface area contributed by atoms with Gasteiger partial charge in [-0.15, -0.1) is 0 Å². The standard InChI is InChI=1S/C5H4ClF3N2/c6-4-1-10-3-11(2-4)5(7,8)9/h1-2H,3H2. The number of nitrogens with zero attached hydrogens (tertiary/aromatic N) is 2. The highest BCUT2D eigenvalue weighted by Gasteiger charge is 2.35. The molecule has 6 heteroatoms. The van der Waals surface area contributed by atoms with Gasteiger partial charge in [-0.2, -0.15) is 13.2 Å². The van der Waals surface area contributed by atoms with Gasteiger partial charge in [0.25, 0.3) is 0 Å². The van der Waals surface area contributed by atoms with Crippen LogP contribution in [0.25, 0.3) is 0 Å². The molecule has 0 aromatic rings. The van der Waals surface area contributed by atoms with Gasteiger partial charge in [-0.05, 0) is 0 Å². The summed E-state index contributed by atoms with van der Waals surface area (Å²) < 4.78 is 35.6. The first-order valence-electron chi connectivity index (χ1n) is 2.71. The van der Waals surface area contributed by atoms with Crippen LogP contribution in [-0.2, 0) is 0 Å². The van der Waals surface area contributed by atoms with Crippen molar-refractivity contribution in [1.82, 2.24) is 4.90 Å². The van der Waals surface area contributed by atoms with Crippen LogP contribution in [0.15, 0.2) is 16.2 Å². The van der Waals surface area contributed by atoms with E-state index in [0.717, 1.165) is 6.20 Å². The van der Waals surface area contributed by atoms with E-state index >= 15 is 0 Å². The summed E-state index contributed by atoms with van der Waals surface area (Å²) >= 11 is 5.29. The van der Waals surface area contributed by atoms with Crippen molar-refractivity contribution in [1.29, 1.82) is 0 Å². The predicted molar refractivity (Wildman–Crippen MR) is 35.2 cm³/mol. The highest BCUT2D eigenvalue weighted by Crippen LogP contribution is 2.23. The lowest BCUT2D eigenvalue weighted by Crippen LogP contribution is -2.35. The zero-order valence-corrected chi connectivity index (χ0v) is 6.02. The van der Waals surface area contributed by atoms with Crippen LogP contribution in [0.2, 0.25) is 0 Å². The molecule has 2 nitrogen and oxygen atoms in total. The van der Waals surface area contributed by atoms with E-state index in [1.54, 1.807) is 0 Å². The lowest BCUT2D eigenvalue weighted by atomic mass is 10.5. The van der Waals surface area contributed by atoms with Crippen molar-refractivity contribution in [3.05, 3.63) is 11.2 Å². The van der Waals surface area contributed by atoms with E-state index in [1.165, 1.54) is 6.21 Å². The highest BCUT2D eigenvalue weighted by molar-refractivity contribution is 6.39. The van der Waals surface area contributed by atoms with Crippen molar-refractivity contribution in [2.75, 3.05) is 6.67 Å². The SMILES string of the molecule is FC(F)(F)N1C=C(Cl)C=NC1. The Balaban J connectivity index is 2.71. The zero-order chi connectivity index (χ0) is 8.48. The number of aliphatic imine (C=N–C) groups is 1. The average molecular weight is 185 g/mol. The second-order valence-corrected chi connectivity index (χ2v) is 2.34. The minimum absolute atomic E-state index is 0.0198. The smallest absolute Gasteiger partial charge is 0.270 e. The third-order valence-corrected chi connectivity index (χ3v) is 1.25.